The number of rotatable bonds is 2. The molecule has 2 aromatic heterocycles. The summed E-state index contributed by atoms with van der Waals surface area (Å²) >= 11 is 0. The third-order valence-electron chi connectivity index (χ3n) is 5.19. The SMILES string of the molecule is O=C1NC(=O)C2(CCCN(c3ccc4nnc(-c5ccccc5F)n4n3)C2)N1. The van der Waals surface area contributed by atoms with E-state index in [0.717, 1.165) is 6.42 Å². The lowest BCUT2D eigenvalue weighted by Gasteiger charge is -2.38. The molecule has 2 N–H and O–H groups in total. The average Bonchev–Trinajstić information content (AvgIpc) is 3.22. The molecule has 4 heterocycles. The van der Waals surface area contributed by atoms with Gasteiger partial charge in [-0.2, -0.15) is 4.52 Å². The number of halogens is 1. The molecule has 1 atom stereocenters. The van der Waals surface area contributed by atoms with Crippen LogP contribution in [0.5, 0.6) is 0 Å². The van der Waals surface area contributed by atoms with Crippen LogP contribution in [0.1, 0.15) is 12.8 Å². The van der Waals surface area contributed by atoms with Crippen molar-refractivity contribution >= 4 is 23.4 Å². The summed E-state index contributed by atoms with van der Waals surface area (Å²) in [5, 5.41) is 17.8. The number of carbonyl (C=O) groups is 2. The highest BCUT2D eigenvalue weighted by Crippen LogP contribution is 2.28. The van der Waals surface area contributed by atoms with Crippen molar-refractivity contribution in [2.45, 2.75) is 18.4 Å². The van der Waals surface area contributed by atoms with Gasteiger partial charge in [0.25, 0.3) is 5.91 Å². The molecule has 142 valence electrons. The van der Waals surface area contributed by atoms with Crippen LogP contribution in [0.3, 0.4) is 0 Å². The highest BCUT2D eigenvalue weighted by atomic mass is 19.1. The van der Waals surface area contributed by atoms with Crippen LogP contribution in [0.4, 0.5) is 15.0 Å². The zero-order chi connectivity index (χ0) is 19.3. The van der Waals surface area contributed by atoms with E-state index in [2.05, 4.69) is 25.9 Å². The average molecular weight is 381 g/mol. The number of carbonyl (C=O) groups excluding carboxylic acids is 2. The van der Waals surface area contributed by atoms with Crippen molar-refractivity contribution < 1.29 is 14.0 Å². The number of benzene rings is 1. The van der Waals surface area contributed by atoms with E-state index in [1.807, 2.05) is 4.90 Å². The molecule has 28 heavy (non-hydrogen) atoms. The fraction of sp³-hybridized carbons (Fsp3) is 0.278. The van der Waals surface area contributed by atoms with Gasteiger partial charge in [-0.15, -0.1) is 15.3 Å². The number of hydrogen-bond acceptors (Lipinski definition) is 6. The number of aromatic nitrogens is 4. The predicted molar refractivity (Wildman–Crippen MR) is 97.0 cm³/mol. The van der Waals surface area contributed by atoms with Gasteiger partial charge in [-0.25, -0.2) is 9.18 Å². The number of amides is 3. The first kappa shape index (κ1) is 16.6. The maximum atomic E-state index is 14.2. The molecule has 3 aromatic rings. The fourth-order valence-electron chi connectivity index (χ4n) is 3.82. The van der Waals surface area contributed by atoms with E-state index in [1.165, 1.54) is 10.6 Å². The monoisotopic (exact) mass is 381 g/mol. The van der Waals surface area contributed by atoms with E-state index in [-0.39, 0.29) is 5.91 Å². The van der Waals surface area contributed by atoms with Gasteiger partial charge in [-0.1, -0.05) is 12.1 Å². The molecule has 2 aliphatic heterocycles. The second-order valence-electron chi connectivity index (χ2n) is 6.98. The van der Waals surface area contributed by atoms with Crippen LogP contribution < -0.4 is 15.5 Å². The Morgan fingerprint density at radius 3 is 2.75 bits per heavy atom. The van der Waals surface area contributed by atoms with Crippen molar-refractivity contribution in [1.29, 1.82) is 0 Å². The molecule has 2 aliphatic rings. The summed E-state index contributed by atoms with van der Waals surface area (Å²) < 4.78 is 15.7. The van der Waals surface area contributed by atoms with Crippen LogP contribution in [0.15, 0.2) is 36.4 Å². The molecule has 0 saturated carbocycles. The minimum atomic E-state index is -0.951. The van der Waals surface area contributed by atoms with E-state index in [0.29, 0.717) is 42.4 Å². The van der Waals surface area contributed by atoms with Crippen LogP contribution in [0.2, 0.25) is 0 Å². The van der Waals surface area contributed by atoms with Crippen LogP contribution in [0, 0.1) is 5.82 Å². The summed E-state index contributed by atoms with van der Waals surface area (Å²) in [7, 11) is 0. The van der Waals surface area contributed by atoms with E-state index < -0.39 is 17.4 Å². The Labute approximate surface area is 158 Å². The van der Waals surface area contributed by atoms with E-state index in [9.17, 15) is 14.0 Å². The first-order valence-electron chi connectivity index (χ1n) is 8.92. The van der Waals surface area contributed by atoms with Gasteiger partial charge < -0.3 is 10.2 Å². The molecule has 3 amide bonds. The van der Waals surface area contributed by atoms with Crippen LogP contribution in [-0.2, 0) is 4.79 Å². The van der Waals surface area contributed by atoms with Crippen molar-refractivity contribution in [3.63, 3.8) is 0 Å². The quantitative estimate of drug-likeness (QED) is 0.645. The number of anilines is 1. The Morgan fingerprint density at radius 2 is 1.96 bits per heavy atom. The third-order valence-corrected chi connectivity index (χ3v) is 5.19. The Balaban J connectivity index is 1.53. The summed E-state index contributed by atoms with van der Waals surface area (Å²) in [5.74, 6) is 0.164. The third kappa shape index (κ3) is 2.48. The van der Waals surface area contributed by atoms with Gasteiger partial charge in [0, 0.05) is 6.54 Å². The number of piperidine rings is 1. The number of fused-ring (bicyclic) bond motifs is 1. The highest BCUT2D eigenvalue weighted by molar-refractivity contribution is 6.07. The van der Waals surface area contributed by atoms with Crippen LogP contribution in [-0.4, -0.2) is 50.4 Å². The summed E-state index contributed by atoms with van der Waals surface area (Å²) in [6.07, 6.45) is 1.28. The second kappa shape index (κ2) is 5.98. The summed E-state index contributed by atoms with van der Waals surface area (Å²) in [6.45, 7) is 0.987. The van der Waals surface area contributed by atoms with Crippen molar-refractivity contribution in [3.8, 4) is 11.4 Å². The Hall–Kier alpha value is -3.56. The van der Waals surface area contributed by atoms with Crippen LogP contribution >= 0.6 is 0 Å². The summed E-state index contributed by atoms with van der Waals surface area (Å²) in [5.41, 5.74) is -0.161. The number of nitrogens with zero attached hydrogens (tertiary/aromatic N) is 5. The molecule has 9 nitrogen and oxygen atoms in total. The first-order chi connectivity index (χ1) is 13.6. The van der Waals surface area contributed by atoms with Gasteiger partial charge in [0.2, 0.25) is 0 Å². The van der Waals surface area contributed by atoms with E-state index >= 15 is 0 Å². The molecule has 2 saturated heterocycles. The highest BCUT2D eigenvalue weighted by Gasteiger charge is 2.49. The Morgan fingerprint density at radius 1 is 1.11 bits per heavy atom. The molecular weight excluding hydrogens is 365 g/mol. The smallest absolute Gasteiger partial charge is 0.322 e. The van der Waals surface area contributed by atoms with Crippen LogP contribution in [0.25, 0.3) is 17.0 Å². The number of urea groups is 1. The minimum absolute atomic E-state index is 0.300. The maximum absolute atomic E-state index is 14.2. The van der Waals surface area contributed by atoms with Gasteiger partial charge in [-0.05, 0) is 37.1 Å². The molecule has 0 aliphatic carbocycles. The van der Waals surface area contributed by atoms with Crippen molar-refractivity contribution in [2.24, 2.45) is 0 Å². The lowest BCUT2D eigenvalue weighted by molar-refractivity contribution is -0.124. The normalized spacial score (nSPS) is 22.0. The van der Waals surface area contributed by atoms with Crippen molar-refractivity contribution in [3.05, 3.63) is 42.2 Å². The fourth-order valence-corrected chi connectivity index (χ4v) is 3.82. The van der Waals surface area contributed by atoms with Gasteiger partial charge in [0.15, 0.2) is 11.5 Å². The largest absolute Gasteiger partial charge is 0.352 e. The lowest BCUT2D eigenvalue weighted by atomic mass is 9.89. The predicted octanol–water partition coefficient (Wildman–Crippen LogP) is 1.11. The first-order valence-corrected chi connectivity index (χ1v) is 8.92. The molecule has 2 fully saturated rings. The maximum Gasteiger partial charge on any atom is 0.322 e. The Bertz CT molecular complexity index is 1110. The van der Waals surface area contributed by atoms with Crippen molar-refractivity contribution in [2.75, 3.05) is 18.0 Å². The number of imide groups is 1. The van der Waals surface area contributed by atoms with E-state index in [1.54, 1.807) is 30.3 Å². The molecular formula is C18H16FN7O2. The zero-order valence-electron chi connectivity index (χ0n) is 14.7. The number of hydrogen-bond donors (Lipinski definition) is 2. The molecule has 10 heteroatoms. The summed E-state index contributed by atoms with van der Waals surface area (Å²) in [4.78, 5) is 25.8. The second-order valence-corrected chi connectivity index (χ2v) is 6.98. The number of nitrogens with one attached hydrogen (secondary N) is 2. The zero-order valence-corrected chi connectivity index (χ0v) is 14.7. The molecule has 0 radical (unpaired) electrons. The van der Waals surface area contributed by atoms with Gasteiger partial charge >= 0.3 is 6.03 Å². The molecule has 1 aromatic carbocycles. The Kier molecular flexibility index (Phi) is 3.54. The van der Waals surface area contributed by atoms with Gasteiger partial charge in [0.1, 0.15) is 17.2 Å². The standard InChI is InChI=1S/C18H16FN7O2/c19-12-5-2-1-4-11(12)15-23-22-13-6-7-14(24-26(13)15)25-9-3-8-18(10-25)16(27)20-17(28)21-18/h1-2,4-7H,3,8-10H2,(H2,20,21,27,28). The van der Waals surface area contributed by atoms with E-state index in [4.69, 9.17) is 0 Å². The minimum Gasteiger partial charge on any atom is -0.352 e. The lowest BCUT2D eigenvalue weighted by Crippen LogP contribution is -2.58. The molecule has 1 unspecified atom stereocenters. The summed E-state index contributed by atoms with van der Waals surface area (Å²) in [6, 6.07) is 9.35. The van der Waals surface area contributed by atoms with Gasteiger partial charge in [-0.3, -0.25) is 10.1 Å². The molecule has 0 bridgehead atoms. The van der Waals surface area contributed by atoms with Gasteiger partial charge in [0.05, 0.1) is 12.1 Å². The molecule has 5 rings (SSSR count). The molecule has 1 spiro atoms. The topological polar surface area (TPSA) is 105 Å². The van der Waals surface area contributed by atoms with Crippen molar-refractivity contribution in [1.82, 2.24) is 30.4 Å².